The molecule has 4 rings (SSSR count). The van der Waals surface area contributed by atoms with Crippen LogP contribution in [0.2, 0.25) is 0 Å². The van der Waals surface area contributed by atoms with Crippen molar-refractivity contribution in [2.24, 2.45) is 22.2 Å². The van der Waals surface area contributed by atoms with Crippen molar-refractivity contribution in [2.45, 2.75) is 64.1 Å². The van der Waals surface area contributed by atoms with Crippen LogP contribution in [0.4, 0.5) is 0 Å². The van der Waals surface area contributed by atoms with Gasteiger partial charge in [0.2, 0.25) is 5.91 Å². The van der Waals surface area contributed by atoms with E-state index in [0.717, 1.165) is 31.7 Å². The van der Waals surface area contributed by atoms with Crippen molar-refractivity contribution in [3.63, 3.8) is 0 Å². The topological polar surface area (TPSA) is 29.1 Å². The van der Waals surface area contributed by atoms with E-state index >= 15 is 0 Å². The zero-order chi connectivity index (χ0) is 13.9. The molecule has 4 saturated carbocycles. The summed E-state index contributed by atoms with van der Waals surface area (Å²) < 4.78 is 0. The summed E-state index contributed by atoms with van der Waals surface area (Å²) in [7, 11) is 0. The van der Waals surface area contributed by atoms with Crippen LogP contribution in [0.25, 0.3) is 0 Å². The van der Waals surface area contributed by atoms with Gasteiger partial charge >= 0.3 is 0 Å². The highest BCUT2D eigenvalue weighted by molar-refractivity contribution is 9.09. The average molecular weight is 328 g/mol. The van der Waals surface area contributed by atoms with Gasteiger partial charge in [-0.05, 0) is 55.3 Å². The Bertz CT molecular complexity index is 388. The molecule has 0 spiro atoms. The molecule has 0 aliphatic heterocycles. The number of carbonyl (C=O) groups is 1. The monoisotopic (exact) mass is 327 g/mol. The van der Waals surface area contributed by atoms with Crippen LogP contribution in [0, 0.1) is 22.2 Å². The SMILES string of the molecule is CC(Br)CNC(=O)C12CC3CC(C)(CC(C)(C3)C1)C2. The first-order valence-corrected chi connectivity index (χ1v) is 8.58. The first kappa shape index (κ1) is 13.9. The molecule has 0 aromatic heterocycles. The Morgan fingerprint density at radius 3 is 2.26 bits per heavy atom. The minimum absolute atomic E-state index is 0.0508. The zero-order valence-electron chi connectivity index (χ0n) is 12.4. The molecular weight excluding hydrogens is 302 g/mol. The zero-order valence-corrected chi connectivity index (χ0v) is 14.0. The predicted octanol–water partition coefficient (Wildman–Crippen LogP) is 3.88. The number of carbonyl (C=O) groups excluding carboxylic acids is 1. The minimum Gasteiger partial charge on any atom is -0.355 e. The molecule has 1 amide bonds. The van der Waals surface area contributed by atoms with Gasteiger partial charge in [0.05, 0.1) is 5.41 Å². The number of halogens is 1. The summed E-state index contributed by atoms with van der Waals surface area (Å²) >= 11 is 3.52. The number of hydrogen-bond acceptors (Lipinski definition) is 1. The lowest BCUT2D eigenvalue weighted by Crippen LogP contribution is -2.60. The third-order valence-electron chi connectivity index (χ3n) is 5.65. The van der Waals surface area contributed by atoms with Gasteiger partial charge < -0.3 is 5.32 Å². The molecule has 3 atom stereocenters. The number of amides is 1. The maximum absolute atomic E-state index is 12.8. The lowest BCUT2D eigenvalue weighted by molar-refractivity contribution is -0.170. The molecule has 19 heavy (non-hydrogen) atoms. The van der Waals surface area contributed by atoms with E-state index < -0.39 is 0 Å². The van der Waals surface area contributed by atoms with E-state index in [1.807, 2.05) is 0 Å². The van der Waals surface area contributed by atoms with Crippen molar-refractivity contribution in [1.29, 1.82) is 0 Å². The number of nitrogens with one attached hydrogen (secondary N) is 1. The Balaban J connectivity index is 1.82. The molecule has 4 fully saturated rings. The molecule has 3 heteroatoms. The second-order valence-electron chi connectivity index (χ2n) is 8.40. The van der Waals surface area contributed by atoms with E-state index in [9.17, 15) is 4.79 Å². The van der Waals surface area contributed by atoms with Crippen molar-refractivity contribution in [1.82, 2.24) is 5.32 Å². The lowest BCUT2D eigenvalue weighted by atomic mass is 9.40. The van der Waals surface area contributed by atoms with Crippen LogP contribution in [-0.4, -0.2) is 17.3 Å². The Hall–Kier alpha value is -0.0500. The summed E-state index contributed by atoms with van der Waals surface area (Å²) in [5.74, 6) is 1.12. The number of alkyl halides is 1. The molecule has 0 radical (unpaired) electrons. The second kappa shape index (κ2) is 4.22. The van der Waals surface area contributed by atoms with Gasteiger partial charge in [-0.25, -0.2) is 0 Å². The van der Waals surface area contributed by atoms with Gasteiger partial charge in [0, 0.05) is 11.4 Å². The molecule has 0 aromatic carbocycles. The summed E-state index contributed by atoms with van der Waals surface area (Å²) in [6, 6.07) is 0. The molecule has 4 aliphatic rings. The molecule has 0 aromatic rings. The fourth-order valence-corrected chi connectivity index (χ4v) is 6.28. The predicted molar refractivity (Wildman–Crippen MR) is 81.2 cm³/mol. The normalized spacial score (nSPS) is 49.2. The van der Waals surface area contributed by atoms with Crippen LogP contribution in [0.3, 0.4) is 0 Å². The van der Waals surface area contributed by atoms with Crippen molar-refractivity contribution in [3.05, 3.63) is 0 Å². The standard InChI is InChI=1S/C16H26BrNO/c1-11(17)7-18-13(19)16-6-12-4-14(2,9-16)8-15(3,5-12)10-16/h11-12H,4-10H2,1-3H3,(H,18,19). The quantitative estimate of drug-likeness (QED) is 0.783. The lowest BCUT2D eigenvalue weighted by Gasteiger charge is -2.64. The largest absolute Gasteiger partial charge is 0.355 e. The average Bonchev–Trinajstić information content (AvgIpc) is 2.20. The van der Waals surface area contributed by atoms with Crippen LogP contribution in [0.15, 0.2) is 0 Å². The van der Waals surface area contributed by atoms with Gasteiger partial charge in [0.25, 0.3) is 0 Å². The minimum atomic E-state index is -0.0508. The third-order valence-corrected chi connectivity index (χ3v) is 5.98. The Morgan fingerprint density at radius 2 is 1.79 bits per heavy atom. The Labute approximate surface area is 125 Å². The van der Waals surface area contributed by atoms with E-state index in [-0.39, 0.29) is 5.41 Å². The van der Waals surface area contributed by atoms with E-state index in [1.54, 1.807) is 0 Å². The fraction of sp³-hybridized carbons (Fsp3) is 0.938. The van der Waals surface area contributed by atoms with Gasteiger partial charge in [-0.2, -0.15) is 0 Å². The molecular formula is C16H26BrNO. The van der Waals surface area contributed by atoms with Crippen molar-refractivity contribution < 1.29 is 4.79 Å². The summed E-state index contributed by atoms with van der Waals surface area (Å²) in [4.78, 5) is 13.1. The van der Waals surface area contributed by atoms with Gasteiger partial charge in [-0.15, -0.1) is 0 Å². The molecule has 0 saturated heterocycles. The van der Waals surface area contributed by atoms with Crippen LogP contribution in [-0.2, 0) is 4.79 Å². The van der Waals surface area contributed by atoms with Gasteiger partial charge in [-0.3, -0.25) is 4.79 Å². The highest BCUT2D eigenvalue weighted by Crippen LogP contribution is 2.69. The van der Waals surface area contributed by atoms with Crippen molar-refractivity contribution >= 4 is 21.8 Å². The molecule has 3 unspecified atom stereocenters. The van der Waals surface area contributed by atoms with Gasteiger partial charge in [0.15, 0.2) is 0 Å². The van der Waals surface area contributed by atoms with E-state index in [1.165, 1.54) is 19.3 Å². The van der Waals surface area contributed by atoms with Crippen molar-refractivity contribution in [3.8, 4) is 0 Å². The van der Waals surface area contributed by atoms with Crippen LogP contribution >= 0.6 is 15.9 Å². The summed E-state index contributed by atoms with van der Waals surface area (Å²) in [5, 5.41) is 3.19. The van der Waals surface area contributed by atoms with E-state index in [2.05, 4.69) is 42.0 Å². The summed E-state index contributed by atoms with van der Waals surface area (Å²) in [5.41, 5.74) is 0.794. The highest BCUT2D eigenvalue weighted by atomic mass is 79.9. The summed E-state index contributed by atoms with van der Waals surface area (Å²) in [6.45, 7) is 7.68. The molecule has 2 nitrogen and oxygen atoms in total. The second-order valence-corrected chi connectivity index (χ2v) is 9.96. The molecule has 108 valence electrons. The van der Waals surface area contributed by atoms with Crippen molar-refractivity contribution in [2.75, 3.05) is 6.54 Å². The fourth-order valence-electron chi connectivity index (χ4n) is 6.12. The maximum atomic E-state index is 12.8. The molecule has 1 N–H and O–H groups in total. The summed E-state index contributed by atoms with van der Waals surface area (Å²) in [6.07, 6.45) is 7.42. The van der Waals surface area contributed by atoms with Gasteiger partial charge in [-0.1, -0.05) is 36.7 Å². The number of hydrogen-bond donors (Lipinski definition) is 1. The Morgan fingerprint density at radius 1 is 1.21 bits per heavy atom. The van der Waals surface area contributed by atoms with Crippen LogP contribution in [0.1, 0.15) is 59.3 Å². The molecule has 4 aliphatic carbocycles. The maximum Gasteiger partial charge on any atom is 0.226 e. The van der Waals surface area contributed by atoms with Crippen LogP contribution in [0.5, 0.6) is 0 Å². The first-order valence-electron chi connectivity index (χ1n) is 7.67. The van der Waals surface area contributed by atoms with E-state index in [4.69, 9.17) is 0 Å². The highest BCUT2D eigenvalue weighted by Gasteiger charge is 2.62. The van der Waals surface area contributed by atoms with Crippen LogP contribution < -0.4 is 5.32 Å². The van der Waals surface area contributed by atoms with Gasteiger partial charge in [0.1, 0.15) is 0 Å². The molecule has 0 heterocycles. The smallest absolute Gasteiger partial charge is 0.226 e. The first-order chi connectivity index (χ1) is 8.74. The Kier molecular flexibility index (Phi) is 3.09. The number of rotatable bonds is 3. The van der Waals surface area contributed by atoms with E-state index in [0.29, 0.717) is 21.6 Å². The molecule has 4 bridgehead atoms. The third kappa shape index (κ3) is 2.36.